The van der Waals surface area contributed by atoms with E-state index in [2.05, 4.69) is 5.32 Å². The third-order valence-corrected chi connectivity index (χ3v) is 5.71. The third-order valence-electron chi connectivity index (χ3n) is 3.80. The van der Waals surface area contributed by atoms with Gasteiger partial charge in [0.2, 0.25) is 10.0 Å². The van der Waals surface area contributed by atoms with Crippen LogP contribution in [0.3, 0.4) is 0 Å². The lowest BCUT2D eigenvalue weighted by atomic mass is 10.1. The number of nitrogens with zero attached hydrogens (tertiary/aromatic N) is 1. The average Bonchev–Trinajstić information content (AvgIpc) is 2.53. The highest BCUT2D eigenvalue weighted by Crippen LogP contribution is 2.22. The maximum absolute atomic E-state index is 12.6. The van der Waals surface area contributed by atoms with E-state index >= 15 is 0 Å². The highest BCUT2D eigenvalue weighted by molar-refractivity contribution is 7.89. The normalized spacial score (nSPS) is 17.8. The summed E-state index contributed by atoms with van der Waals surface area (Å²) < 4.78 is 32.2. The summed E-state index contributed by atoms with van der Waals surface area (Å²) in [5, 5.41) is 3.20. The summed E-state index contributed by atoms with van der Waals surface area (Å²) in [6.45, 7) is 3.82. The minimum atomic E-state index is -3.38. The van der Waals surface area contributed by atoms with Gasteiger partial charge in [-0.15, -0.1) is 0 Å². The molecule has 0 saturated carbocycles. The van der Waals surface area contributed by atoms with E-state index in [-0.39, 0.29) is 0 Å². The molecule has 0 aliphatic carbocycles. The minimum Gasteiger partial charge on any atom is -0.494 e. The molecule has 1 aliphatic rings. The minimum absolute atomic E-state index is 0.342. The highest BCUT2D eigenvalue weighted by Gasteiger charge is 2.28. The van der Waals surface area contributed by atoms with Crippen molar-refractivity contribution in [3.8, 4) is 5.75 Å². The summed E-state index contributed by atoms with van der Waals surface area (Å²) >= 11 is 0. The van der Waals surface area contributed by atoms with E-state index in [4.69, 9.17) is 4.74 Å². The van der Waals surface area contributed by atoms with Crippen LogP contribution in [-0.4, -0.2) is 45.5 Å². The van der Waals surface area contributed by atoms with Gasteiger partial charge in [-0.3, -0.25) is 0 Å². The van der Waals surface area contributed by atoms with E-state index in [0.29, 0.717) is 36.4 Å². The molecule has 5 nitrogen and oxygen atoms in total. The SMILES string of the molecule is CCCOc1ccc(S(=O)(=O)N2CCC(NC)CC2)cc1. The average molecular weight is 312 g/mol. The Morgan fingerprint density at radius 3 is 2.38 bits per heavy atom. The van der Waals surface area contributed by atoms with Crippen LogP contribution in [0, 0.1) is 0 Å². The van der Waals surface area contributed by atoms with Crippen molar-refractivity contribution in [2.75, 3.05) is 26.7 Å². The molecule has 1 aliphatic heterocycles. The number of nitrogens with one attached hydrogen (secondary N) is 1. The summed E-state index contributed by atoms with van der Waals surface area (Å²) in [4.78, 5) is 0.342. The Hall–Kier alpha value is -1.11. The largest absolute Gasteiger partial charge is 0.494 e. The van der Waals surface area contributed by atoms with Crippen molar-refractivity contribution < 1.29 is 13.2 Å². The van der Waals surface area contributed by atoms with Crippen molar-refractivity contribution >= 4 is 10.0 Å². The monoisotopic (exact) mass is 312 g/mol. The molecule has 0 aromatic heterocycles. The molecule has 1 aromatic carbocycles. The van der Waals surface area contributed by atoms with Crippen LogP contribution in [0.2, 0.25) is 0 Å². The summed E-state index contributed by atoms with van der Waals surface area (Å²) in [5.41, 5.74) is 0. The van der Waals surface area contributed by atoms with E-state index in [0.717, 1.165) is 19.3 Å². The van der Waals surface area contributed by atoms with Gasteiger partial charge < -0.3 is 10.1 Å². The van der Waals surface area contributed by atoms with Gasteiger partial charge >= 0.3 is 0 Å². The van der Waals surface area contributed by atoms with Crippen molar-refractivity contribution in [3.63, 3.8) is 0 Å². The van der Waals surface area contributed by atoms with Crippen molar-refractivity contribution in [2.45, 2.75) is 37.1 Å². The van der Waals surface area contributed by atoms with Crippen LogP contribution in [-0.2, 0) is 10.0 Å². The first-order chi connectivity index (χ1) is 10.1. The molecule has 1 N–H and O–H groups in total. The predicted molar refractivity (Wildman–Crippen MR) is 83.1 cm³/mol. The van der Waals surface area contributed by atoms with E-state index in [1.807, 2.05) is 14.0 Å². The molecule has 1 saturated heterocycles. The molecular formula is C15H24N2O3S. The van der Waals surface area contributed by atoms with Gasteiger partial charge in [0.05, 0.1) is 11.5 Å². The topological polar surface area (TPSA) is 58.6 Å². The summed E-state index contributed by atoms with van der Waals surface area (Å²) in [7, 11) is -1.46. The molecule has 0 unspecified atom stereocenters. The third kappa shape index (κ3) is 3.96. The van der Waals surface area contributed by atoms with E-state index < -0.39 is 10.0 Å². The van der Waals surface area contributed by atoms with Gasteiger partial charge in [0, 0.05) is 19.1 Å². The van der Waals surface area contributed by atoms with Crippen LogP contribution in [0.25, 0.3) is 0 Å². The fourth-order valence-corrected chi connectivity index (χ4v) is 3.93. The first-order valence-electron chi connectivity index (χ1n) is 7.48. The van der Waals surface area contributed by atoms with Crippen LogP contribution < -0.4 is 10.1 Å². The van der Waals surface area contributed by atoms with Crippen molar-refractivity contribution in [3.05, 3.63) is 24.3 Å². The Morgan fingerprint density at radius 2 is 1.86 bits per heavy atom. The number of piperidine rings is 1. The molecule has 0 bridgehead atoms. The maximum Gasteiger partial charge on any atom is 0.243 e. The second-order valence-corrected chi connectivity index (χ2v) is 7.22. The standard InChI is InChI=1S/C15H24N2O3S/c1-3-12-20-14-4-6-15(7-5-14)21(18,19)17-10-8-13(16-2)9-11-17/h4-7,13,16H,3,8-12H2,1-2H3. The summed E-state index contributed by atoms with van der Waals surface area (Å²) in [6.07, 6.45) is 2.64. The molecule has 118 valence electrons. The maximum atomic E-state index is 12.6. The number of ether oxygens (including phenoxy) is 1. The Morgan fingerprint density at radius 1 is 1.24 bits per heavy atom. The number of hydrogen-bond donors (Lipinski definition) is 1. The Bertz CT molecular complexity index is 535. The lowest BCUT2D eigenvalue weighted by molar-refractivity contribution is 0.298. The Balaban J connectivity index is 2.05. The fourth-order valence-electron chi connectivity index (χ4n) is 2.46. The van der Waals surface area contributed by atoms with Gasteiger partial charge in [0.25, 0.3) is 0 Å². The van der Waals surface area contributed by atoms with Crippen molar-refractivity contribution in [1.29, 1.82) is 0 Å². The quantitative estimate of drug-likeness (QED) is 0.871. The zero-order valence-corrected chi connectivity index (χ0v) is 13.5. The van der Waals surface area contributed by atoms with E-state index in [9.17, 15) is 8.42 Å². The molecule has 1 aromatic rings. The van der Waals surface area contributed by atoms with Gasteiger partial charge in [-0.1, -0.05) is 6.92 Å². The summed E-state index contributed by atoms with van der Waals surface area (Å²) in [6, 6.07) is 7.13. The van der Waals surface area contributed by atoms with Gasteiger partial charge in [-0.05, 0) is 50.6 Å². The lowest BCUT2D eigenvalue weighted by Crippen LogP contribution is -2.43. The molecule has 6 heteroatoms. The molecule has 0 atom stereocenters. The Labute approximate surface area is 127 Å². The van der Waals surface area contributed by atoms with Crippen LogP contribution in [0.15, 0.2) is 29.2 Å². The predicted octanol–water partition coefficient (Wildman–Crippen LogP) is 1.85. The van der Waals surface area contributed by atoms with Gasteiger partial charge in [0.15, 0.2) is 0 Å². The van der Waals surface area contributed by atoms with Gasteiger partial charge in [0.1, 0.15) is 5.75 Å². The number of sulfonamides is 1. The Kier molecular flexibility index (Phi) is 5.61. The fraction of sp³-hybridized carbons (Fsp3) is 0.600. The van der Waals surface area contributed by atoms with Crippen LogP contribution in [0.1, 0.15) is 26.2 Å². The molecule has 21 heavy (non-hydrogen) atoms. The highest BCUT2D eigenvalue weighted by atomic mass is 32.2. The summed E-state index contributed by atoms with van der Waals surface area (Å²) in [5.74, 6) is 0.713. The molecule has 0 spiro atoms. The van der Waals surface area contributed by atoms with Crippen molar-refractivity contribution in [2.24, 2.45) is 0 Å². The molecule has 0 amide bonds. The number of benzene rings is 1. The van der Waals surface area contributed by atoms with Gasteiger partial charge in [-0.2, -0.15) is 4.31 Å². The van der Waals surface area contributed by atoms with Crippen molar-refractivity contribution in [1.82, 2.24) is 9.62 Å². The molecule has 1 heterocycles. The lowest BCUT2D eigenvalue weighted by Gasteiger charge is -2.31. The van der Waals surface area contributed by atoms with E-state index in [1.165, 1.54) is 0 Å². The molecule has 1 fully saturated rings. The zero-order chi connectivity index (χ0) is 15.3. The van der Waals surface area contributed by atoms with Gasteiger partial charge in [-0.25, -0.2) is 8.42 Å². The van der Waals surface area contributed by atoms with E-state index in [1.54, 1.807) is 28.6 Å². The second-order valence-electron chi connectivity index (χ2n) is 5.29. The van der Waals surface area contributed by atoms with Crippen LogP contribution in [0.5, 0.6) is 5.75 Å². The smallest absolute Gasteiger partial charge is 0.243 e. The molecule has 0 radical (unpaired) electrons. The van der Waals surface area contributed by atoms with Crippen LogP contribution in [0.4, 0.5) is 0 Å². The zero-order valence-electron chi connectivity index (χ0n) is 12.7. The van der Waals surface area contributed by atoms with Crippen LogP contribution >= 0.6 is 0 Å². The second kappa shape index (κ2) is 7.24. The molecule has 2 rings (SSSR count). The first-order valence-corrected chi connectivity index (χ1v) is 8.92. The number of rotatable bonds is 6. The molecular weight excluding hydrogens is 288 g/mol. The number of hydrogen-bond acceptors (Lipinski definition) is 4. The first kappa shape index (κ1) is 16.3.